The molecule has 3 aromatic carbocycles. The van der Waals surface area contributed by atoms with Crippen LogP contribution in [0.1, 0.15) is 43.2 Å². The summed E-state index contributed by atoms with van der Waals surface area (Å²) in [6.45, 7) is -0.108. The Balaban J connectivity index is 1.62. The molecule has 1 fully saturated rings. The maximum atomic E-state index is 13.8. The lowest BCUT2D eigenvalue weighted by molar-refractivity contribution is -0.143. The predicted octanol–water partition coefficient (Wildman–Crippen LogP) is 7.11. The molecule has 0 bridgehead atoms. The van der Waals surface area contributed by atoms with Gasteiger partial charge >= 0.3 is 0 Å². The minimum absolute atomic E-state index is 0.107. The summed E-state index contributed by atoms with van der Waals surface area (Å²) in [5.74, 6) is 0.00913. The maximum absolute atomic E-state index is 13.8. The van der Waals surface area contributed by atoms with Gasteiger partial charge in [0, 0.05) is 34.1 Å². The molecule has 0 heterocycles. The fourth-order valence-electron chi connectivity index (χ4n) is 4.69. The van der Waals surface area contributed by atoms with E-state index in [0.717, 1.165) is 31.2 Å². The smallest absolute Gasteiger partial charge is 0.261 e. The highest BCUT2D eigenvalue weighted by atomic mass is 35.5. The van der Waals surface area contributed by atoms with E-state index in [0.29, 0.717) is 32.8 Å². The first-order valence-electron chi connectivity index (χ1n) is 12.8. The van der Waals surface area contributed by atoms with Gasteiger partial charge in [0.1, 0.15) is 11.8 Å². The van der Waals surface area contributed by atoms with Gasteiger partial charge in [-0.25, -0.2) is 0 Å². The van der Waals surface area contributed by atoms with Crippen molar-refractivity contribution >= 4 is 46.6 Å². The molecule has 1 N–H and O–H groups in total. The van der Waals surface area contributed by atoms with E-state index in [4.69, 9.17) is 39.5 Å². The second-order valence-corrected chi connectivity index (χ2v) is 10.8. The van der Waals surface area contributed by atoms with E-state index in [9.17, 15) is 9.59 Å². The molecule has 1 aliphatic carbocycles. The number of nitrogens with zero attached hydrogens (tertiary/aromatic N) is 1. The molecule has 8 heteroatoms. The number of rotatable bonds is 10. The number of hydrogen-bond donors (Lipinski definition) is 1. The van der Waals surface area contributed by atoms with E-state index in [1.807, 2.05) is 30.3 Å². The largest absolute Gasteiger partial charge is 0.484 e. The minimum Gasteiger partial charge on any atom is -0.484 e. The molecule has 0 radical (unpaired) electrons. The Labute approximate surface area is 239 Å². The molecule has 0 saturated heterocycles. The first kappa shape index (κ1) is 28.3. The monoisotopic (exact) mass is 572 g/mol. The van der Waals surface area contributed by atoms with E-state index in [1.165, 1.54) is 6.42 Å². The quantitative estimate of drug-likeness (QED) is 0.281. The molecular formula is C30H31Cl3N2O3. The molecule has 1 atom stereocenters. The lowest BCUT2D eigenvalue weighted by Crippen LogP contribution is -2.53. The van der Waals surface area contributed by atoms with Crippen LogP contribution in [0.4, 0.5) is 0 Å². The van der Waals surface area contributed by atoms with Crippen LogP contribution in [0, 0.1) is 0 Å². The van der Waals surface area contributed by atoms with Gasteiger partial charge in [-0.3, -0.25) is 9.59 Å². The van der Waals surface area contributed by atoms with Crippen LogP contribution >= 0.6 is 34.8 Å². The van der Waals surface area contributed by atoms with Gasteiger partial charge in [-0.05, 0) is 60.4 Å². The van der Waals surface area contributed by atoms with Crippen molar-refractivity contribution in [3.05, 3.63) is 99.0 Å². The van der Waals surface area contributed by atoms with E-state index in [-0.39, 0.29) is 31.0 Å². The zero-order valence-electron chi connectivity index (χ0n) is 21.0. The van der Waals surface area contributed by atoms with Crippen LogP contribution in [-0.4, -0.2) is 35.4 Å². The highest BCUT2D eigenvalue weighted by Crippen LogP contribution is 2.25. The van der Waals surface area contributed by atoms with Gasteiger partial charge in [-0.1, -0.05) is 90.5 Å². The van der Waals surface area contributed by atoms with Crippen molar-refractivity contribution in [3.63, 3.8) is 0 Å². The van der Waals surface area contributed by atoms with Gasteiger partial charge in [0.25, 0.3) is 5.91 Å². The molecular weight excluding hydrogens is 543 g/mol. The zero-order chi connectivity index (χ0) is 26.9. The third kappa shape index (κ3) is 8.13. The van der Waals surface area contributed by atoms with E-state index < -0.39 is 6.04 Å². The van der Waals surface area contributed by atoms with E-state index in [1.54, 1.807) is 47.4 Å². The molecule has 1 unspecified atom stereocenters. The number of carbonyl (C=O) groups excluding carboxylic acids is 2. The number of hydrogen-bond acceptors (Lipinski definition) is 3. The Morgan fingerprint density at radius 1 is 0.895 bits per heavy atom. The first-order valence-corrected chi connectivity index (χ1v) is 14.0. The molecule has 0 aliphatic heterocycles. The van der Waals surface area contributed by atoms with Crippen molar-refractivity contribution in [1.29, 1.82) is 0 Å². The van der Waals surface area contributed by atoms with Crippen molar-refractivity contribution in [3.8, 4) is 5.75 Å². The van der Waals surface area contributed by atoms with Crippen LogP contribution < -0.4 is 10.1 Å². The average molecular weight is 574 g/mol. The molecule has 4 rings (SSSR count). The van der Waals surface area contributed by atoms with Crippen LogP contribution in [0.15, 0.2) is 72.8 Å². The van der Waals surface area contributed by atoms with Crippen molar-refractivity contribution in [2.45, 2.75) is 57.2 Å². The van der Waals surface area contributed by atoms with E-state index in [2.05, 4.69) is 5.32 Å². The number of amides is 2. The lowest BCUT2D eigenvalue weighted by atomic mass is 9.94. The summed E-state index contributed by atoms with van der Waals surface area (Å²) in [6, 6.07) is 21.0. The van der Waals surface area contributed by atoms with Crippen LogP contribution in [0.3, 0.4) is 0 Å². The zero-order valence-corrected chi connectivity index (χ0v) is 23.3. The Bertz CT molecular complexity index is 1220. The number of halogens is 3. The van der Waals surface area contributed by atoms with Gasteiger partial charge in [-0.2, -0.15) is 0 Å². The molecule has 1 aliphatic rings. The summed E-state index contributed by atoms with van der Waals surface area (Å²) in [7, 11) is 0. The third-order valence-electron chi connectivity index (χ3n) is 6.75. The summed E-state index contributed by atoms with van der Waals surface area (Å²) in [6.07, 6.45) is 5.61. The molecule has 3 aromatic rings. The van der Waals surface area contributed by atoms with Crippen LogP contribution in [0.2, 0.25) is 15.1 Å². The van der Waals surface area contributed by atoms with Gasteiger partial charge in [-0.15, -0.1) is 0 Å². The van der Waals surface area contributed by atoms with Gasteiger partial charge < -0.3 is 15.0 Å². The maximum Gasteiger partial charge on any atom is 0.261 e. The molecule has 200 valence electrons. The predicted molar refractivity (Wildman–Crippen MR) is 153 cm³/mol. The lowest BCUT2D eigenvalue weighted by Gasteiger charge is -2.33. The minimum atomic E-state index is -0.757. The van der Waals surface area contributed by atoms with Crippen molar-refractivity contribution in [2.24, 2.45) is 0 Å². The molecule has 1 saturated carbocycles. The first-order chi connectivity index (χ1) is 18.4. The second-order valence-electron chi connectivity index (χ2n) is 9.55. The number of benzene rings is 3. The Kier molecular flexibility index (Phi) is 10.3. The fraction of sp³-hybridized carbons (Fsp3) is 0.333. The molecule has 0 aromatic heterocycles. The Morgan fingerprint density at radius 3 is 2.26 bits per heavy atom. The second kappa shape index (κ2) is 13.9. The van der Waals surface area contributed by atoms with Gasteiger partial charge in [0.05, 0.1) is 0 Å². The SMILES string of the molecule is O=C(NC1CCCCC1)C(Cc1ccccc1)N(Cc1ccc(Cl)cc1Cl)C(=O)COc1ccc(Cl)cc1. The molecule has 0 spiro atoms. The van der Waals surface area contributed by atoms with Crippen molar-refractivity contribution < 1.29 is 14.3 Å². The van der Waals surface area contributed by atoms with Crippen molar-refractivity contribution in [1.82, 2.24) is 10.2 Å². The normalized spacial score (nSPS) is 14.5. The van der Waals surface area contributed by atoms with Crippen molar-refractivity contribution in [2.75, 3.05) is 6.61 Å². The standard InChI is InChI=1S/C30H31Cl3N2O3/c31-23-13-15-26(16-14-23)38-20-29(36)35(19-22-11-12-24(32)18-27(22)33)28(17-21-7-3-1-4-8-21)30(37)34-25-9-5-2-6-10-25/h1,3-4,7-8,11-16,18,25,28H,2,5-6,9-10,17,19-20H2,(H,34,37). The third-order valence-corrected chi connectivity index (χ3v) is 7.59. The highest BCUT2D eigenvalue weighted by molar-refractivity contribution is 6.35. The van der Waals surface area contributed by atoms with Gasteiger partial charge in [0.2, 0.25) is 5.91 Å². The molecule has 38 heavy (non-hydrogen) atoms. The summed E-state index contributed by atoms with van der Waals surface area (Å²) >= 11 is 18.6. The fourth-order valence-corrected chi connectivity index (χ4v) is 5.28. The average Bonchev–Trinajstić information content (AvgIpc) is 2.92. The summed E-state index contributed by atoms with van der Waals surface area (Å²) < 4.78 is 5.79. The highest BCUT2D eigenvalue weighted by Gasteiger charge is 2.32. The van der Waals surface area contributed by atoms with Crippen LogP contribution in [0.5, 0.6) is 5.75 Å². The number of nitrogens with one attached hydrogen (secondary N) is 1. The summed E-state index contributed by atoms with van der Waals surface area (Å²) in [4.78, 5) is 29.1. The number of carbonyl (C=O) groups is 2. The Hall–Kier alpha value is -2.73. The summed E-state index contributed by atoms with van der Waals surface area (Å²) in [5, 5.41) is 4.73. The molecule has 5 nitrogen and oxygen atoms in total. The van der Waals surface area contributed by atoms with Crippen LogP contribution in [0.25, 0.3) is 0 Å². The number of ether oxygens (including phenoxy) is 1. The summed E-state index contributed by atoms with van der Waals surface area (Å²) in [5.41, 5.74) is 1.65. The van der Waals surface area contributed by atoms with E-state index >= 15 is 0 Å². The van der Waals surface area contributed by atoms with Gasteiger partial charge in [0.15, 0.2) is 6.61 Å². The topological polar surface area (TPSA) is 58.6 Å². The molecule has 2 amide bonds. The Morgan fingerprint density at radius 2 is 1.58 bits per heavy atom. The van der Waals surface area contributed by atoms with Crippen LogP contribution in [-0.2, 0) is 22.6 Å².